The summed E-state index contributed by atoms with van der Waals surface area (Å²) in [7, 11) is 0. The number of nitrogens with zero attached hydrogens (tertiary/aromatic N) is 1. The van der Waals surface area contributed by atoms with Gasteiger partial charge in [-0.1, -0.05) is 6.07 Å². The Kier molecular flexibility index (Phi) is 5.09. The number of hydrogen-bond acceptors (Lipinski definition) is 3. The van der Waals surface area contributed by atoms with Crippen LogP contribution in [0.2, 0.25) is 0 Å². The number of ether oxygens (including phenoxy) is 1. The molecule has 0 spiro atoms. The molecule has 1 atom stereocenters. The summed E-state index contributed by atoms with van der Waals surface area (Å²) in [5.41, 5.74) is 0.518. The molecule has 4 nitrogen and oxygen atoms in total. The van der Waals surface area contributed by atoms with Crippen LogP contribution in [0.1, 0.15) is 35.7 Å². The van der Waals surface area contributed by atoms with Crippen LogP contribution in [0.5, 0.6) is 0 Å². The van der Waals surface area contributed by atoms with Crippen LogP contribution in [0, 0.1) is 5.82 Å². The molecule has 0 bridgehead atoms. The minimum absolute atomic E-state index is 0.0166. The first-order valence-electron chi connectivity index (χ1n) is 6.95. The van der Waals surface area contributed by atoms with Crippen LogP contribution >= 0.6 is 0 Å². The van der Waals surface area contributed by atoms with Crippen LogP contribution in [0.15, 0.2) is 18.2 Å². The molecule has 1 aliphatic rings. The fraction of sp³-hybridized carbons (Fsp3) is 0.533. The summed E-state index contributed by atoms with van der Waals surface area (Å²) in [5.74, 6) is -1.56. The molecule has 0 saturated carbocycles. The van der Waals surface area contributed by atoms with Crippen molar-refractivity contribution in [1.82, 2.24) is 4.90 Å². The topological polar surface area (TPSA) is 49.8 Å². The van der Waals surface area contributed by atoms with Crippen molar-refractivity contribution in [2.75, 3.05) is 19.7 Å². The van der Waals surface area contributed by atoms with Crippen molar-refractivity contribution >= 4 is 5.97 Å². The van der Waals surface area contributed by atoms with Crippen molar-refractivity contribution in [3.63, 3.8) is 0 Å². The van der Waals surface area contributed by atoms with Gasteiger partial charge in [-0.2, -0.15) is 0 Å². The average molecular weight is 281 g/mol. The Bertz CT molecular complexity index is 476. The molecule has 1 aromatic rings. The average Bonchev–Trinajstić information content (AvgIpc) is 2.42. The van der Waals surface area contributed by atoms with Crippen molar-refractivity contribution in [3.8, 4) is 0 Å². The summed E-state index contributed by atoms with van der Waals surface area (Å²) in [6.45, 7) is 4.89. The molecule has 20 heavy (non-hydrogen) atoms. The number of aromatic carboxylic acids is 1. The Labute approximate surface area is 118 Å². The number of hydrogen-bond donors (Lipinski definition) is 1. The van der Waals surface area contributed by atoms with Crippen LogP contribution in [-0.4, -0.2) is 41.8 Å². The van der Waals surface area contributed by atoms with E-state index in [0.29, 0.717) is 18.7 Å². The van der Waals surface area contributed by atoms with Gasteiger partial charge in [0.05, 0.1) is 11.7 Å². The van der Waals surface area contributed by atoms with Gasteiger partial charge in [-0.3, -0.25) is 4.90 Å². The maximum Gasteiger partial charge on any atom is 0.335 e. The molecule has 1 fully saturated rings. The minimum atomic E-state index is -1.11. The smallest absolute Gasteiger partial charge is 0.335 e. The lowest BCUT2D eigenvalue weighted by Crippen LogP contribution is -2.39. The zero-order chi connectivity index (χ0) is 14.5. The zero-order valence-corrected chi connectivity index (χ0v) is 11.6. The molecular weight excluding hydrogens is 261 g/mol. The molecule has 0 aromatic heterocycles. The standard InChI is InChI=1S/C15H20FNO3/c1-2-20-13-4-3-7-17(10-13)9-12-6-5-11(15(18)19)8-14(12)16/h5-6,8,13H,2-4,7,9-10H2,1H3,(H,18,19). The van der Waals surface area contributed by atoms with Gasteiger partial charge in [0.25, 0.3) is 0 Å². The van der Waals surface area contributed by atoms with Gasteiger partial charge in [-0.15, -0.1) is 0 Å². The van der Waals surface area contributed by atoms with Crippen LogP contribution in [0.3, 0.4) is 0 Å². The lowest BCUT2D eigenvalue weighted by molar-refractivity contribution is 0.00337. The molecular formula is C15H20FNO3. The monoisotopic (exact) mass is 281 g/mol. The second-order valence-electron chi connectivity index (χ2n) is 5.07. The molecule has 1 saturated heterocycles. The van der Waals surface area contributed by atoms with Crippen molar-refractivity contribution in [2.24, 2.45) is 0 Å². The third kappa shape index (κ3) is 3.77. The highest BCUT2D eigenvalue weighted by molar-refractivity contribution is 5.87. The maximum atomic E-state index is 13.9. The van der Waals surface area contributed by atoms with E-state index in [1.54, 1.807) is 6.07 Å². The second-order valence-corrected chi connectivity index (χ2v) is 5.07. The quantitative estimate of drug-likeness (QED) is 0.901. The summed E-state index contributed by atoms with van der Waals surface area (Å²) in [6.07, 6.45) is 2.31. The third-order valence-corrected chi connectivity index (χ3v) is 3.56. The van der Waals surface area contributed by atoms with Gasteiger partial charge in [-0.05, 0) is 38.4 Å². The highest BCUT2D eigenvalue weighted by atomic mass is 19.1. The molecule has 5 heteroatoms. The Morgan fingerprint density at radius 1 is 1.55 bits per heavy atom. The van der Waals surface area contributed by atoms with E-state index in [1.807, 2.05) is 6.92 Å². The highest BCUT2D eigenvalue weighted by Gasteiger charge is 2.21. The van der Waals surface area contributed by atoms with Gasteiger partial charge in [0, 0.05) is 25.3 Å². The zero-order valence-electron chi connectivity index (χ0n) is 11.6. The number of rotatable bonds is 5. The molecule has 0 radical (unpaired) electrons. The minimum Gasteiger partial charge on any atom is -0.478 e. The van der Waals surface area contributed by atoms with Crippen molar-refractivity contribution in [3.05, 3.63) is 35.1 Å². The van der Waals surface area contributed by atoms with Crippen LogP contribution < -0.4 is 0 Å². The molecule has 2 rings (SSSR count). The van der Waals surface area contributed by atoms with Gasteiger partial charge in [0.2, 0.25) is 0 Å². The molecule has 110 valence electrons. The van der Waals surface area contributed by atoms with E-state index >= 15 is 0 Å². The number of benzene rings is 1. The summed E-state index contributed by atoms with van der Waals surface area (Å²) in [5, 5.41) is 8.82. The summed E-state index contributed by atoms with van der Waals surface area (Å²) in [6, 6.07) is 4.09. The van der Waals surface area contributed by atoms with Gasteiger partial charge in [0.15, 0.2) is 0 Å². The lowest BCUT2D eigenvalue weighted by Gasteiger charge is -2.32. The first-order chi connectivity index (χ1) is 9.60. The van der Waals surface area contributed by atoms with Gasteiger partial charge in [0.1, 0.15) is 5.82 Å². The number of carboxylic acids is 1. The highest BCUT2D eigenvalue weighted by Crippen LogP contribution is 2.18. The fourth-order valence-electron chi connectivity index (χ4n) is 2.58. The Hall–Kier alpha value is -1.46. The number of carboxylic acid groups (broad SMARTS) is 1. The number of likely N-dealkylation sites (tertiary alicyclic amines) is 1. The lowest BCUT2D eigenvalue weighted by atomic mass is 10.1. The Morgan fingerprint density at radius 2 is 2.35 bits per heavy atom. The van der Waals surface area contributed by atoms with E-state index in [1.165, 1.54) is 6.07 Å². The van der Waals surface area contributed by atoms with Crippen LogP contribution in [-0.2, 0) is 11.3 Å². The van der Waals surface area contributed by atoms with Gasteiger partial charge < -0.3 is 9.84 Å². The summed E-state index contributed by atoms with van der Waals surface area (Å²) < 4.78 is 19.5. The fourth-order valence-corrected chi connectivity index (χ4v) is 2.58. The molecule has 1 unspecified atom stereocenters. The van der Waals surface area contributed by atoms with E-state index in [9.17, 15) is 9.18 Å². The normalized spacial score (nSPS) is 20.0. The van der Waals surface area contributed by atoms with Crippen molar-refractivity contribution in [1.29, 1.82) is 0 Å². The van der Waals surface area contributed by atoms with E-state index < -0.39 is 11.8 Å². The molecule has 1 aliphatic heterocycles. The number of halogens is 1. The summed E-state index contributed by atoms with van der Waals surface area (Å²) in [4.78, 5) is 12.9. The first kappa shape index (κ1) is 14.9. The number of piperidine rings is 1. The molecule has 0 amide bonds. The van der Waals surface area contributed by atoms with E-state index in [2.05, 4.69) is 4.90 Å². The van der Waals surface area contributed by atoms with Gasteiger partial charge in [-0.25, -0.2) is 9.18 Å². The second kappa shape index (κ2) is 6.81. The molecule has 1 aromatic carbocycles. The number of carbonyl (C=O) groups is 1. The predicted octanol–water partition coefficient (Wildman–Crippen LogP) is 2.52. The van der Waals surface area contributed by atoms with Crippen molar-refractivity contribution in [2.45, 2.75) is 32.4 Å². The van der Waals surface area contributed by atoms with E-state index in [4.69, 9.17) is 9.84 Å². The first-order valence-corrected chi connectivity index (χ1v) is 6.95. The van der Waals surface area contributed by atoms with Crippen molar-refractivity contribution < 1.29 is 19.0 Å². The Morgan fingerprint density at radius 3 is 3.00 bits per heavy atom. The molecule has 1 N–H and O–H groups in total. The maximum absolute atomic E-state index is 13.9. The SMILES string of the molecule is CCOC1CCCN(Cc2ccc(C(=O)O)cc2F)C1. The van der Waals surface area contributed by atoms with E-state index in [0.717, 1.165) is 32.0 Å². The molecule has 1 heterocycles. The van der Waals surface area contributed by atoms with Crippen LogP contribution in [0.25, 0.3) is 0 Å². The van der Waals surface area contributed by atoms with Crippen LogP contribution in [0.4, 0.5) is 4.39 Å². The predicted molar refractivity (Wildman–Crippen MR) is 73.3 cm³/mol. The van der Waals surface area contributed by atoms with Gasteiger partial charge >= 0.3 is 5.97 Å². The molecule has 0 aliphatic carbocycles. The summed E-state index contributed by atoms with van der Waals surface area (Å²) >= 11 is 0. The Balaban J connectivity index is 2.00. The van der Waals surface area contributed by atoms with E-state index in [-0.39, 0.29) is 11.7 Å². The third-order valence-electron chi connectivity index (χ3n) is 3.56. The largest absolute Gasteiger partial charge is 0.478 e.